The van der Waals surface area contributed by atoms with Crippen molar-refractivity contribution >= 4 is 27.5 Å². The number of aryl methyl sites for hydroxylation is 1. The first-order valence-corrected chi connectivity index (χ1v) is 18.1. The second-order valence-electron chi connectivity index (χ2n) is 14.2. The van der Waals surface area contributed by atoms with Crippen LogP contribution < -0.4 is 9.62 Å². The molecule has 2 aromatic carbocycles. The summed E-state index contributed by atoms with van der Waals surface area (Å²) in [6, 6.07) is 15.2. The van der Waals surface area contributed by atoms with Gasteiger partial charge in [-0.3, -0.25) is 13.9 Å². The fourth-order valence-electron chi connectivity index (χ4n) is 8.92. The van der Waals surface area contributed by atoms with Crippen molar-refractivity contribution in [1.29, 1.82) is 0 Å². The van der Waals surface area contributed by atoms with Crippen molar-refractivity contribution in [2.75, 3.05) is 17.1 Å². The van der Waals surface area contributed by atoms with E-state index in [1.165, 1.54) is 53.3 Å². The van der Waals surface area contributed by atoms with E-state index in [0.717, 1.165) is 60.8 Å². The van der Waals surface area contributed by atoms with Crippen molar-refractivity contribution < 1.29 is 18.0 Å². The topological polar surface area (TPSA) is 86.8 Å². The maximum Gasteiger partial charge on any atom is 0.244 e. The second-order valence-corrected chi connectivity index (χ2v) is 16.1. The van der Waals surface area contributed by atoms with Gasteiger partial charge in [0.15, 0.2) is 0 Å². The van der Waals surface area contributed by atoms with E-state index in [4.69, 9.17) is 0 Å². The molecule has 7 nitrogen and oxygen atoms in total. The van der Waals surface area contributed by atoms with Gasteiger partial charge in [-0.15, -0.1) is 0 Å². The summed E-state index contributed by atoms with van der Waals surface area (Å²) in [7, 11) is -3.76. The third-order valence-corrected chi connectivity index (χ3v) is 12.0. The summed E-state index contributed by atoms with van der Waals surface area (Å²) >= 11 is 0. The van der Waals surface area contributed by atoms with Crippen LogP contribution in [0.3, 0.4) is 0 Å². The Labute approximate surface area is 257 Å². The number of anilines is 1. The van der Waals surface area contributed by atoms with Gasteiger partial charge in [0.1, 0.15) is 12.6 Å². The van der Waals surface area contributed by atoms with E-state index in [1.807, 2.05) is 43.3 Å². The number of nitrogens with one attached hydrogen (secondary N) is 1. The normalized spacial score (nSPS) is 27.2. The molecule has 4 bridgehead atoms. The summed E-state index contributed by atoms with van der Waals surface area (Å²) in [5, 5.41) is 3.12. The largest absolute Gasteiger partial charge is 0.352 e. The average molecular weight is 606 g/mol. The molecule has 5 fully saturated rings. The molecule has 0 unspecified atom stereocenters. The van der Waals surface area contributed by atoms with Gasteiger partial charge in [0.25, 0.3) is 0 Å². The number of sulfonamides is 1. The van der Waals surface area contributed by atoms with E-state index >= 15 is 0 Å². The minimum absolute atomic E-state index is 0.131. The molecule has 5 aliphatic carbocycles. The predicted octanol–water partition coefficient (Wildman–Crippen LogP) is 5.70. The van der Waals surface area contributed by atoms with Crippen molar-refractivity contribution in [3.8, 4) is 0 Å². The number of amides is 2. The number of rotatable bonds is 10. The average Bonchev–Trinajstić information content (AvgIpc) is 3.47. The Morgan fingerprint density at radius 1 is 0.907 bits per heavy atom. The van der Waals surface area contributed by atoms with Crippen LogP contribution in [0.15, 0.2) is 48.5 Å². The zero-order valence-electron chi connectivity index (χ0n) is 25.9. The van der Waals surface area contributed by atoms with Crippen LogP contribution in [0.1, 0.15) is 87.8 Å². The van der Waals surface area contributed by atoms with E-state index in [0.29, 0.717) is 5.69 Å². The molecule has 0 aliphatic heterocycles. The Bertz CT molecular complexity index is 1400. The molecule has 1 atom stereocenters. The first kappa shape index (κ1) is 30.2. The van der Waals surface area contributed by atoms with Crippen LogP contribution in [-0.4, -0.2) is 50.0 Å². The number of benzene rings is 2. The van der Waals surface area contributed by atoms with Crippen LogP contribution in [0.4, 0.5) is 5.69 Å². The Morgan fingerprint density at radius 3 is 2.00 bits per heavy atom. The molecular weight excluding hydrogens is 558 g/mol. The number of carbonyl (C=O) groups is 2. The van der Waals surface area contributed by atoms with Crippen LogP contribution in [0.25, 0.3) is 0 Å². The first-order valence-electron chi connectivity index (χ1n) is 16.2. The zero-order valence-corrected chi connectivity index (χ0v) is 26.7. The van der Waals surface area contributed by atoms with Gasteiger partial charge < -0.3 is 10.2 Å². The van der Waals surface area contributed by atoms with E-state index in [9.17, 15) is 18.0 Å². The Kier molecular flexibility index (Phi) is 8.35. The lowest BCUT2D eigenvalue weighted by molar-refractivity contribution is -0.139. The SMILES string of the molecule is Cc1ccc(CN(C(=O)CN(c2ccc(C34CC5CC(CC(C5)C3)C4)cc2)S(C)(=O)=O)[C@@H](C)C(=O)NC2CCCC2)cc1. The standard InChI is InChI=1S/C35H47N3O4S/c1-24-8-10-26(11-9-24)22-37(25(2)34(40)36-31-6-4-5-7-31)33(39)23-38(43(3,41)42)32-14-12-30(13-15-32)35-19-27-16-28(20-35)18-29(17-27)21-35/h8-15,25,27-29,31H,4-7,16-23H2,1-3H3,(H,36,40)/t25-,27?,28?,29?,35?/m0/s1. The molecule has 7 rings (SSSR count). The number of carbonyl (C=O) groups excluding carboxylic acids is 2. The molecule has 0 spiro atoms. The maximum absolute atomic E-state index is 14.0. The lowest BCUT2D eigenvalue weighted by atomic mass is 9.48. The fraction of sp³-hybridized carbons (Fsp3) is 0.600. The van der Waals surface area contributed by atoms with Crippen molar-refractivity contribution in [2.24, 2.45) is 17.8 Å². The molecule has 5 aliphatic rings. The number of hydrogen-bond donors (Lipinski definition) is 1. The lowest BCUT2D eigenvalue weighted by Crippen LogP contribution is -2.52. The minimum Gasteiger partial charge on any atom is -0.352 e. The van der Waals surface area contributed by atoms with E-state index in [2.05, 4.69) is 17.4 Å². The van der Waals surface area contributed by atoms with E-state index < -0.39 is 22.0 Å². The van der Waals surface area contributed by atoms with Gasteiger partial charge in [-0.2, -0.15) is 0 Å². The van der Waals surface area contributed by atoms with Gasteiger partial charge in [0, 0.05) is 12.6 Å². The maximum atomic E-state index is 14.0. The fourth-order valence-corrected chi connectivity index (χ4v) is 9.77. The summed E-state index contributed by atoms with van der Waals surface area (Å²) in [4.78, 5) is 28.8. The molecule has 2 aromatic rings. The van der Waals surface area contributed by atoms with Gasteiger partial charge >= 0.3 is 0 Å². The van der Waals surface area contributed by atoms with E-state index in [-0.39, 0.29) is 30.5 Å². The molecule has 5 saturated carbocycles. The van der Waals surface area contributed by atoms with Crippen molar-refractivity contribution in [3.05, 3.63) is 65.2 Å². The quantitative estimate of drug-likeness (QED) is 0.376. The molecule has 1 N–H and O–H groups in total. The highest BCUT2D eigenvalue weighted by atomic mass is 32.2. The highest BCUT2D eigenvalue weighted by Crippen LogP contribution is 2.60. The van der Waals surface area contributed by atoms with Gasteiger partial charge in [0.2, 0.25) is 21.8 Å². The van der Waals surface area contributed by atoms with Crippen LogP contribution in [-0.2, 0) is 31.6 Å². The van der Waals surface area contributed by atoms with Crippen LogP contribution in [0.5, 0.6) is 0 Å². The summed E-state index contributed by atoms with van der Waals surface area (Å²) in [5.41, 5.74) is 4.02. The van der Waals surface area contributed by atoms with Gasteiger partial charge in [0.05, 0.1) is 11.9 Å². The Morgan fingerprint density at radius 2 is 1.47 bits per heavy atom. The zero-order chi connectivity index (χ0) is 30.4. The molecular formula is C35H47N3O4S. The Balaban J connectivity index is 1.22. The van der Waals surface area contributed by atoms with Crippen LogP contribution in [0, 0.1) is 24.7 Å². The third-order valence-electron chi connectivity index (χ3n) is 10.8. The van der Waals surface area contributed by atoms with Crippen molar-refractivity contribution in [3.63, 3.8) is 0 Å². The van der Waals surface area contributed by atoms with Crippen LogP contribution >= 0.6 is 0 Å². The highest BCUT2D eigenvalue weighted by Gasteiger charge is 2.51. The molecule has 0 aromatic heterocycles. The molecule has 43 heavy (non-hydrogen) atoms. The second kappa shape index (κ2) is 11.9. The highest BCUT2D eigenvalue weighted by molar-refractivity contribution is 7.92. The number of nitrogens with zero attached hydrogens (tertiary/aromatic N) is 2. The molecule has 2 amide bonds. The summed E-state index contributed by atoms with van der Waals surface area (Å²) < 4.78 is 27.4. The van der Waals surface area contributed by atoms with Crippen molar-refractivity contribution in [2.45, 2.75) is 102 Å². The lowest BCUT2D eigenvalue weighted by Gasteiger charge is -2.57. The third kappa shape index (κ3) is 6.50. The Hall–Kier alpha value is -2.87. The molecule has 0 radical (unpaired) electrons. The van der Waals surface area contributed by atoms with Crippen molar-refractivity contribution in [1.82, 2.24) is 10.2 Å². The monoisotopic (exact) mass is 605 g/mol. The van der Waals surface area contributed by atoms with Gasteiger partial charge in [-0.25, -0.2) is 8.42 Å². The van der Waals surface area contributed by atoms with Crippen LogP contribution in [0.2, 0.25) is 0 Å². The number of hydrogen-bond acceptors (Lipinski definition) is 4. The summed E-state index contributed by atoms with van der Waals surface area (Å²) in [5.74, 6) is 1.87. The van der Waals surface area contributed by atoms with E-state index in [1.54, 1.807) is 6.92 Å². The summed E-state index contributed by atoms with van der Waals surface area (Å²) in [6.07, 6.45) is 13.1. The smallest absolute Gasteiger partial charge is 0.244 e. The predicted molar refractivity (Wildman–Crippen MR) is 170 cm³/mol. The van der Waals surface area contributed by atoms with Gasteiger partial charge in [-0.05, 0) is 112 Å². The van der Waals surface area contributed by atoms with Gasteiger partial charge in [-0.1, -0.05) is 54.8 Å². The molecule has 232 valence electrons. The summed E-state index contributed by atoms with van der Waals surface area (Å²) in [6.45, 7) is 3.60. The molecule has 0 heterocycles. The first-order chi connectivity index (χ1) is 20.5. The molecule has 8 heteroatoms. The molecule has 0 saturated heterocycles. The minimum atomic E-state index is -3.76.